The van der Waals surface area contributed by atoms with E-state index < -0.39 is 10.0 Å². The first kappa shape index (κ1) is 18.8. The number of halogens is 1. The molecule has 1 heterocycles. The van der Waals surface area contributed by atoms with Crippen molar-refractivity contribution in [3.63, 3.8) is 0 Å². The molecule has 0 radical (unpaired) electrons. The number of rotatable bonds is 5. The predicted molar refractivity (Wildman–Crippen MR) is 105 cm³/mol. The Kier molecular flexibility index (Phi) is 5.29. The van der Waals surface area contributed by atoms with Gasteiger partial charge in [-0.25, -0.2) is 13.6 Å². The van der Waals surface area contributed by atoms with E-state index in [4.69, 9.17) is 16.7 Å². The Labute approximate surface area is 161 Å². The van der Waals surface area contributed by atoms with Gasteiger partial charge in [0.1, 0.15) is 0 Å². The quantitative estimate of drug-likeness (QED) is 0.634. The molecule has 0 bridgehead atoms. The van der Waals surface area contributed by atoms with Gasteiger partial charge in [0.2, 0.25) is 10.0 Å². The molecule has 7 heteroatoms. The topological polar surface area (TPSA) is 77.2 Å². The molecule has 2 N–H and O–H groups in total. The van der Waals surface area contributed by atoms with Crippen LogP contribution in [0.1, 0.15) is 27.7 Å². The van der Waals surface area contributed by atoms with E-state index >= 15 is 0 Å². The van der Waals surface area contributed by atoms with Crippen molar-refractivity contribution in [3.8, 4) is 11.1 Å². The van der Waals surface area contributed by atoms with Crippen LogP contribution in [0.25, 0.3) is 11.1 Å². The number of carbonyl (C=O) groups excluding carboxylic acids is 1. The van der Waals surface area contributed by atoms with E-state index in [0.29, 0.717) is 16.3 Å². The number of ketones is 1. The van der Waals surface area contributed by atoms with E-state index in [1.165, 1.54) is 30.4 Å². The van der Waals surface area contributed by atoms with E-state index in [-0.39, 0.29) is 10.7 Å². The average molecular weight is 406 g/mol. The van der Waals surface area contributed by atoms with Gasteiger partial charge in [-0.15, -0.1) is 11.3 Å². The van der Waals surface area contributed by atoms with Gasteiger partial charge in [0.15, 0.2) is 5.78 Å². The summed E-state index contributed by atoms with van der Waals surface area (Å²) in [6, 6.07) is 13.8. The zero-order chi connectivity index (χ0) is 18.9. The van der Waals surface area contributed by atoms with Crippen molar-refractivity contribution in [2.45, 2.75) is 18.2 Å². The Morgan fingerprint density at radius 2 is 1.69 bits per heavy atom. The minimum atomic E-state index is -3.75. The third-order valence-corrected chi connectivity index (χ3v) is 6.28. The second-order valence-corrected chi connectivity index (χ2v) is 8.77. The lowest BCUT2D eigenvalue weighted by Crippen LogP contribution is -2.11. The molecule has 4 nitrogen and oxygen atoms in total. The Morgan fingerprint density at radius 3 is 2.23 bits per heavy atom. The van der Waals surface area contributed by atoms with Crippen LogP contribution in [0.3, 0.4) is 0 Å². The van der Waals surface area contributed by atoms with Crippen LogP contribution in [-0.4, -0.2) is 14.2 Å². The normalized spacial score (nSPS) is 11.5. The minimum absolute atomic E-state index is 0.0251. The van der Waals surface area contributed by atoms with E-state index in [2.05, 4.69) is 0 Å². The Balaban J connectivity index is 2.05. The number of thiophene rings is 1. The molecular weight excluding hydrogens is 390 g/mol. The van der Waals surface area contributed by atoms with Crippen molar-refractivity contribution < 1.29 is 13.2 Å². The molecule has 3 aromatic rings. The van der Waals surface area contributed by atoms with Gasteiger partial charge in [-0.05, 0) is 59.7 Å². The van der Waals surface area contributed by atoms with Crippen LogP contribution in [0.15, 0.2) is 58.8 Å². The molecule has 3 rings (SSSR count). The van der Waals surface area contributed by atoms with Gasteiger partial charge in [-0.3, -0.25) is 4.79 Å². The molecule has 0 saturated heterocycles. The summed E-state index contributed by atoms with van der Waals surface area (Å²) in [5.41, 5.74) is 3.70. The fourth-order valence-corrected chi connectivity index (χ4v) is 4.37. The van der Waals surface area contributed by atoms with Crippen molar-refractivity contribution in [3.05, 3.63) is 74.9 Å². The number of carbonyl (C=O) groups is 1. The van der Waals surface area contributed by atoms with Gasteiger partial charge in [0.25, 0.3) is 0 Å². The van der Waals surface area contributed by atoms with E-state index in [1.54, 1.807) is 12.1 Å². The summed E-state index contributed by atoms with van der Waals surface area (Å²) in [6.45, 7) is 1.53. The molecule has 0 aliphatic rings. The van der Waals surface area contributed by atoms with E-state index in [0.717, 1.165) is 22.3 Å². The number of benzene rings is 2. The maximum Gasteiger partial charge on any atom is 0.238 e. The monoisotopic (exact) mass is 405 g/mol. The minimum Gasteiger partial charge on any atom is -0.294 e. The molecule has 0 atom stereocenters. The van der Waals surface area contributed by atoms with Crippen molar-refractivity contribution in [2.24, 2.45) is 5.14 Å². The van der Waals surface area contributed by atoms with Crippen LogP contribution in [0, 0.1) is 0 Å². The molecule has 0 amide bonds. The third kappa shape index (κ3) is 4.04. The maximum atomic E-state index is 12.1. The number of sulfonamides is 1. The number of nitrogens with two attached hydrogens (primary N) is 1. The second-order valence-electron chi connectivity index (χ2n) is 5.89. The van der Waals surface area contributed by atoms with Crippen molar-refractivity contribution in [1.29, 1.82) is 0 Å². The molecule has 0 aliphatic heterocycles. The first-order valence-electron chi connectivity index (χ1n) is 7.74. The highest BCUT2D eigenvalue weighted by Crippen LogP contribution is 2.35. The molecule has 26 heavy (non-hydrogen) atoms. The van der Waals surface area contributed by atoms with Crippen molar-refractivity contribution in [1.82, 2.24) is 0 Å². The molecule has 0 saturated carbocycles. The summed E-state index contributed by atoms with van der Waals surface area (Å²) in [5, 5.41) is 7.79. The molecule has 1 aromatic heterocycles. The standard InChI is InChI=1S/C19H16ClNO3S2/c1-12(22)19-18(14-4-8-17(9-5-14)26(21,23)24)15(11-25-19)10-13-2-6-16(20)7-3-13/h2-9,11H,10H2,1H3,(H2,21,23,24). The average Bonchev–Trinajstić information content (AvgIpc) is 3.00. The maximum absolute atomic E-state index is 12.1. The molecule has 0 fully saturated rings. The van der Waals surface area contributed by atoms with Gasteiger partial charge in [-0.2, -0.15) is 0 Å². The first-order chi connectivity index (χ1) is 12.3. The van der Waals surface area contributed by atoms with Gasteiger partial charge in [-0.1, -0.05) is 35.9 Å². The third-order valence-electron chi connectivity index (χ3n) is 3.97. The Hall–Kier alpha value is -1.99. The smallest absolute Gasteiger partial charge is 0.238 e. The van der Waals surface area contributed by atoms with Crippen LogP contribution in [0.2, 0.25) is 5.02 Å². The summed E-state index contributed by atoms with van der Waals surface area (Å²) in [7, 11) is -3.75. The van der Waals surface area contributed by atoms with Crippen LogP contribution >= 0.6 is 22.9 Å². The summed E-state index contributed by atoms with van der Waals surface area (Å²) in [4.78, 5) is 12.7. The van der Waals surface area contributed by atoms with Crippen molar-refractivity contribution >= 4 is 38.7 Å². The van der Waals surface area contributed by atoms with Crippen LogP contribution in [0.4, 0.5) is 0 Å². The summed E-state index contributed by atoms with van der Waals surface area (Å²) in [5.74, 6) is -0.0251. The summed E-state index contributed by atoms with van der Waals surface area (Å²) in [6.07, 6.45) is 0.646. The molecule has 0 spiro atoms. The largest absolute Gasteiger partial charge is 0.294 e. The molecule has 0 aliphatic carbocycles. The van der Waals surface area contributed by atoms with Crippen LogP contribution < -0.4 is 5.14 Å². The van der Waals surface area contributed by atoms with Gasteiger partial charge < -0.3 is 0 Å². The fraction of sp³-hybridized carbons (Fsp3) is 0.105. The van der Waals surface area contributed by atoms with Gasteiger partial charge in [0, 0.05) is 10.6 Å². The fourth-order valence-electron chi connectivity index (χ4n) is 2.73. The van der Waals surface area contributed by atoms with Crippen LogP contribution in [0.5, 0.6) is 0 Å². The lowest BCUT2D eigenvalue weighted by atomic mass is 9.96. The second kappa shape index (κ2) is 7.32. The Bertz CT molecular complexity index is 1050. The first-order valence-corrected chi connectivity index (χ1v) is 10.5. The van der Waals surface area contributed by atoms with Gasteiger partial charge in [0.05, 0.1) is 9.77 Å². The molecule has 2 aromatic carbocycles. The molecular formula is C19H16ClNO3S2. The number of hydrogen-bond donors (Lipinski definition) is 1. The Morgan fingerprint density at radius 1 is 1.08 bits per heavy atom. The number of hydrogen-bond acceptors (Lipinski definition) is 4. The summed E-state index contributed by atoms with van der Waals surface area (Å²) < 4.78 is 22.9. The number of primary sulfonamides is 1. The zero-order valence-electron chi connectivity index (χ0n) is 13.9. The molecule has 134 valence electrons. The van der Waals surface area contributed by atoms with Crippen LogP contribution in [-0.2, 0) is 16.4 Å². The van der Waals surface area contributed by atoms with E-state index in [1.807, 2.05) is 29.6 Å². The summed E-state index contributed by atoms with van der Waals surface area (Å²) >= 11 is 7.33. The highest BCUT2D eigenvalue weighted by Gasteiger charge is 2.18. The molecule has 0 unspecified atom stereocenters. The number of Topliss-reactive ketones (excluding diaryl/α,β-unsaturated/α-hetero) is 1. The van der Waals surface area contributed by atoms with E-state index in [9.17, 15) is 13.2 Å². The van der Waals surface area contributed by atoms with Crippen molar-refractivity contribution in [2.75, 3.05) is 0 Å². The highest BCUT2D eigenvalue weighted by atomic mass is 35.5. The zero-order valence-corrected chi connectivity index (χ0v) is 16.3. The predicted octanol–water partition coefficient (Wildman–Crippen LogP) is 4.51. The highest BCUT2D eigenvalue weighted by molar-refractivity contribution is 7.89. The SMILES string of the molecule is CC(=O)c1scc(Cc2ccc(Cl)cc2)c1-c1ccc(S(N)(=O)=O)cc1. The lowest BCUT2D eigenvalue weighted by Gasteiger charge is -2.08. The van der Waals surface area contributed by atoms with Gasteiger partial charge >= 0.3 is 0 Å². The lowest BCUT2D eigenvalue weighted by molar-refractivity contribution is 0.102.